The number of esters is 2. The van der Waals surface area contributed by atoms with E-state index in [4.69, 9.17) is 20.6 Å². The number of ether oxygens (including phenoxy) is 3. The second-order valence-corrected chi connectivity index (χ2v) is 8.46. The lowest BCUT2D eigenvalue weighted by Gasteiger charge is -2.50. The molecule has 0 spiro atoms. The molecular weight excluding hydrogens is 392 g/mol. The second-order valence-electron chi connectivity index (χ2n) is 8.46. The van der Waals surface area contributed by atoms with Gasteiger partial charge in [0.1, 0.15) is 11.5 Å². The normalized spacial score (nSPS) is 21.2. The van der Waals surface area contributed by atoms with Gasteiger partial charge in [-0.3, -0.25) is 4.79 Å². The van der Waals surface area contributed by atoms with Crippen molar-refractivity contribution < 1.29 is 23.8 Å². The zero-order valence-corrected chi connectivity index (χ0v) is 18.7. The first-order valence-electron chi connectivity index (χ1n) is 10.4. The van der Waals surface area contributed by atoms with Crippen molar-refractivity contribution in [2.75, 3.05) is 6.61 Å². The van der Waals surface area contributed by atoms with Gasteiger partial charge in [-0.25, -0.2) is 4.79 Å². The zero-order chi connectivity index (χ0) is 22.8. The van der Waals surface area contributed by atoms with Gasteiger partial charge in [-0.2, -0.15) is 0 Å². The van der Waals surface area contributed by atoms with Crippen molar-refractivity contribution in [3.63, 3.8) is 0 Å². The summed E-state index contributed by atoms with van der Waals surface area (Å²) in [6.07, 6.45) is 5.83. The molecule has 0 aliphatic carbocycles. The van der Waals surface area contributed by atoms with Gasteiger partial charge in [-0.05, 0) is 49.1 Å². The Hall–Kier alpha value is -3.26. The van der Waals surface area contributed by atoms with Crippen LogP contribution >= 0.6 is 0 Å². The van der Waals surface area contributed by atoms with E-state index in [0.29, 0.717) is 23.7 Å². The molecule has 2 aromatic carbocycles. The summed E-state index contributed by atoms with van der Waals surface area (Å²) < 4.78 is 17.0. The molecule has 0 bridgehead atoms. The van der Waals surface area contributed by atoms with Gasteiger partial charge < -0.3 is 14.2 Å². The highest BCUT2D eigenvalue weighted by Gasteiger charge is 2.57. The Balaban J connectivity index is 1.85. The molecule has 0 N–H and O–H groups in total. The van der Waals surface area contributed by atoms with Gasteiger partial charge in [0.2, 0.25) is 5.60 Å². The van der Waals surface area contributed by atoms with Crippen LogP contribution in [0, 0.1) is 17.8 Å². The molecule has 0 radical (unpaired) electrons. The van der Waals surface area contributed by atoms with Gasteiger partial charge in [-0.1, -0.05) is 51.0 Å². The van der Waals surface area contributed by atoms with E-state index in [2.05, 4.69) is 12.8 Å². The maximum absolute atomic E-state index is 13.3. The van der Waals surface area contributed by atoms with Gasteiger partial charge in [0.05, 0.1) is 18.6 Å². The van der Waals surface area contributed by atoms with E-state index >= 15 is 0 Å². The summed E-state index contributed by atoms with van der Waals surface area (Å²) in [7, 11) is 0. The average molecular weight is 421 g/mol. The molecule has 31 heavy (non-hydrogen) atoms. The lowest BCUT2D eigenvalue weighted by molar-refractivity contribution is -0.166. The number of carbonyl (C=O) groups excluding carboxylic acids is 2. The van der Waals surface area contributed by atoms with Crippen molar-refractivity contribution in [1.82, 2.24) is 0 Å². The summed E-state index contributed by atoms with van der Waals surface area (Å²) in [5.41, 5.74) is 0.556. The first-order chi connectivity index (χ1) is 14.6. The number of hydrogen-bond donors (Lipinski definition) is 0. The van der Waals surface area contributed by atoms with Crippen LogP contribution in [0.3, 0.4) is 0 Å². The summed E-state index contributed by atoms with van der Waals surface area (Å²) in [6, 6.07) is 12.5. The lowest BCUT2D eigenvalue weighted by Crippen LogP contribution is -2.59. The Morgan fingerprint density at radius 1 is 1.13 bits per heavy atom. The number of benzene rings is 2. The molecule has 0 fully saturated rings. The highest BCUT2D eigenvalue weighted by Crippen LogP contribution is 2.53. The molecule has 1 heterocycles. The Morgan fingerprint density at radius 3 is 2.42 bits per heavy atom. The summed E-state index contributed by atoms with van der Waals surface area (Å²) >= 11 is 0. The van der Waals surface area contributed by atoms with E-state index in [1.807, 2.05) is 26.0 Å². The molecule has 2 atom stereocenters. The average Bonchev–Trinajstić information content (AvgIpc) is 2.73. The van der Waals surface area contributed by atoms with Crippen LogP contribution in [-0.4, -0.2) is 24.1 Å². The lowest BCUT2D eigenvalue weighted by atomic mass is 9.63. The number of para-hydroxylation sites is 1. The van der Waals surface area contributed by atoms with Gasteiger partial charge in [0.25, 0.3) is 0 Å². The first kappa shape index (κ1) is 22.4. The third-order valence-corrected chi connectivity index (χ3v) is 6.46. The smallest absolute Gasteiger partial charge is 0.356 e. The molecule has 3 rings (SSSR count). The number of terminal acetylenes is 1. The molecule has 5 heteroatoms. The highest BCUT2D eigenvalue weighted by atomic mass is 16.6. The number of fused-ring (bicyclic) bond motifs is 1. The molecular formula is C26H28O5. The quantitative estimate of drug-likeness (QED) is 0.400. The van der Waals surface area contributed by atoms with Crippen LogP contribution in [0.15, 0.2) is 42.5 Å². The largest absolute Gasteiger partial charge is 0.474 e. The van der Waals surface area contributed by atoms with Gasteiger partial charge in [0, 0.05) is 5.41 Å². The molecule has 2 aromatic rings. The Kier molecular flexibility index (Phi) is 6.13. The Bertz CT molecular complexity index is 1030. The molecule has 0 saturated heterocycles. The minimum Gasteiger partial charge on any atom is -0.474 e. The molecule has 162 valence electrons. The number of carbonyl (C=O) groups is 2. The van der Waals surface area contributed by atoms with Crippen molar-refractivity contribution in [2.24, 2.45) is 5.41 Å². The van der Waals surface area contributed by atoms with Crippen LogP contribution in [0.5, 0.6) is 11.5 Å². The van der Waals surface area contributed by atoms with E-state index in [-0.39, 0.29) is 18.3 Å². The van der Waals surface area contributed by atoms with Crippen LogP contribution in [0.1, 0.15) is 57.2 Å². The van der Waals surface area contributed by atoms with E-state index in [9.17, 15) is 9.59 Å². The maximum atomic E-state index is 13.3. The molecule has 0 saturated carbocycles. The SMILES string of the molecule is C#Cc1cccc2c1OC(C)(C(=O)Oc1ccc(CC(=O)OCC)cc1)C(C)(C)C2C. The summed E-state index contributed by atoms with van der Waals surface area (Å²) in [4.78, 5) is 25.0. The van der Waals surface area contributed by atoms with Crippen LogP contribution in [0.2, 0.25) is 0 Å². The molecule has 5 nitrogen and oxygen atoms in total. The third kappa shape index (κ3) is 4.03. The molecule has 2 unspecified atom stereocenters. The van der Waals surface area contributed by atoms with Crippen LogP contribution in [-0.2, 0) is 20.7 Å². The molecule has 1 aliphatic rings. The van der Waals surface area contributed by atoms with Crippen molar-refractivity contribution in [2.45, 2.75) is 52.6 Å². The van der Waals surface area contributed by atoms with Crippen molar-refractivity contribution in [3.05, 3.63) is 59.2 Å². The van der Waals surface area contributed by atoms with Gasteiger partial charge >= 0.3 is 11.9 Å². The summed E-state index contributed by atoms with van der Waals surface area (Å²) in [6.45, 7) is 9.90. The van der Waals surface area contributed by atoms with E-state index in [1.54, 1.807) is 44.2 Å². The van der Waals surface area contributed by atoms with Crippen molar-refractivity contribution in [1.29, 1.82) is 0 Å². The summed E-state index contributed by atoms with van der Waals surface area (Å²) in [5.74, 6) is 2.79. The topological polar surface area (TPSA) is 61.8 Å². The van der Waals surface area contributed by atoms with Gasteiger partial charge in [0.15, 0.2) is 0 Å². The van der Waals surface area contributed by atoms with Crippen LogP contribution in [0.4, 0.5) is 0 Å². The minimum atomic E-state index is -1.25. The Morgan fingerprint density at radius 2 is 1.81 bits per heavy atom. The highest BCUT2D eigenvalue weighted by molar-refractivity contribution is 5.84. The van der Waals surface area contributed by atoms with E-state index < -0.39 is 17.0 Å². The fourth-order valence-electron chi connectivity index (χ4n) is 3.82. The zero-order valence-electron chi connectivity index (χ0n) is 18.7. The molecule has 0 aromatic heterocycles. The monoisotopic (exact) mass is 420 g/mol. The number of rotatable bonds is 5. The van der Waals surface area contributed by atoms with Crippen molar-refractivity contribution in [3.8, 4) is 23.8 Å². The van der Waals surface area contributed by atoms with Crippen molar-refractivity contribution >= 4 is 11.9 Å². The predicted octanol–water partition coefficient (Wildman–Crippen LogP) is 4.66. The maximum Gasteiger partial charge on any atom is 0.356 e. The molecule has 0 amide bonds. The Labute approximate surface area is 183 Å². The first-order valence-corrected chi connectivity index (χ1v) is 10.4. The van der Waals surface area contributed by atoms with Crippen LogP contribution in [0.25, 0.3) is 0 Å². The third-order valence-electron chi connectivity index (χ3n) is 6.46. The molecule has 1 aliphatic heterocycles. The predicted molar refractivity (Wildman–Crippen MR) is 118 cm³/mol. The van der Waals surface area contributed by atoms with E-state index in [0.717, 1.165) is 11.1 Å². The number of hydrogen-bond acceptors (Lipinski definition) is 5. The van der Waals surface area contributed by atoms with E-state index in [1.165, 1.54) is 0 Å². The minimum absolute atomic E-state index is 0.00838. The van der Waals surface area contributed by atoms with Gasteiger partial charge in [-0.15, -0.1) is 6.42 Å². The fourth-order valence-corrected chi connectivity index (χ4v) is 3.82. The second kappa shape index (κ2) is 8.47. The standard InChI is InChI=1S/C26H28O5/c1-7-19-10-9-11-21-17(3)25(4,5)26(6,31-23(19)21)24(28)30-20-14-12-18(13-15-20)16-22(27)29-8-2/h1,9-15,17H,8,16H2,2-6H3. The fraction of sp³-hybridized carbons (Fsp3) is 0.385. The summed E-state index contributed by atoms with van der Waals surface area (Å²) in [5, 5.41) is 0. The van der Waals surface area contributed by atoms with Crippen LogP contribution < -0.4 is 9.47 Å².